The van der Waals surface area contributed by atoms with Gasteiger partial charge in [-0.25, -0.2) is 4.79 Å². The summed E-state index contributed by atoms with van der Waals surface area (Å²) in [5.74, 6) is 1.39. The van der Waals surface area contributed by atoms with Gasteiger partial charge in [0, 0.05) is 91.3 Å². The number of likely N-dealkylation sites (N-methyl/N-ethyl adjacent to an activating group) is 3. The molecule has 22 heteroatoms. The van der Waals surface area contributed by atoms with E-state index in [2.05, 4.69) is 67.5 Å². The van der Waals surface area contributed by atoms with Crippen LogP contribution in [0.1, 0.15) is 120 Å². The summed E-state index contributed by atoms with van der Waals surface area (Å²) >= 11 is 0. The van der Waals surface area contributed by atoms with E-state index < -0.39 is 50.5 Å². The van der Waals surface area contributed by atoms with Crippen LogP contribution in [0.3, 0.4) is 0 Å². The molecular weight excluding hydrogens is 1160 g/mol. The first-order valence-electron chi connectivity index (χ1n) is 29.9. The minimum atomic E-state index is -1.05. The maximum absolute atomic E-state index is 12.6. The number of piperidine rings is 3. The first kappa shape index (κ1) is 70.0. The third kappa shape index (κ3) is 11.8. The summed E-state index contributed by atoms with van der Waals surface area (Å²) in [6.45, 7) is 3.01. The molecule has 0 radical (unpaired) electrons. The number of nitrogens with zero attached hydrogens (tertiary/aromatic N) is 4. The van der Waals surface area contributed by atoms with Crippen LogP contribution in [0.4, 0.5) is 0 Å². The number of rotatable bonds is 6. The van der Waals surface area contributed by atoms with E-state index in [1.165, 1.54) is 38.0 Å². The van der Waals surface area contributed by atoms with Gasteiger partial charge < -0.3 is 73.6 Å². The number of aromatic amines is 1. The molecule has 5 fully saturated rings. The number of esters is 2. The quantitative estimate of drug-likeness (QED) is 0.0501. The maximum Gasteiger partial charge on any atom is 0.343 e. The number of carbonyl (C=O) groups excluding carboxylic acids is 5. The highest BCUT2D eigenvalue weighted by molar-refractivity contribution is 5.98. The highest BCUT2D eigenvalue weighted by atomic mass is 16.5. The van der Waals surface area contributed by atoms with E-state index in [9.17, 15) is 44.4 Å². The Hall–Kier alpha value is -7.49. The zero-order valence-corrected chi connectivity index (χ0v) is 52.6. The summed E-state index contributed by atoms with van der Waals surface area (Å²) in [5, 5.41) is 59.9. The van der Waals surface area contributed by atoms with Crippen molar-refractivity contribution in [3.63, 3.8) is 0 Å². The van der Waals surface area contributed by atoms with Gasteiger partial charge in [0.15, 0.2) is 5.78 Å². The van der Waals surface area contributed by atoms with E-state index in [4.69, 9.17) is 34.1 Å². The second-order valence-electron chi connectivity index (χ2n) is 24.7. The number of aliphatic hydroxyl groups is 5. The van der Waals surface area contributed by atoms with Crippen molar-refractivity contribution < 1.29 is 77.9 Å². The highest BCUT2D eigenvalue weighted by Crippen LogP contribution is 2.61. The molecule has 0 unspecified atom stereocenters. The molecule has 4 aromatic rings. The number of hydrogen-bond acceptors (Lipinski definition) is 21. The van der Waals surface area contributed by atoms with E-state index in [0.29, 0.717) is 44.1 Å². The number of methoxy groups -OCH3 is 6. The van der Waals surface area contributed by atoms with E-state index in [-0.39, 0.29) is 61.9 Å². The van der Waals surface area contributed by atoms with Gasteiger partial charge in [0.1, 0.15) is 35.0 Å². The van der Waals surface area contributed by atoms with Gasteiger partial charge in [0.25, 0.3) is 12.0 Å². The van der Waals surface area contributed by atoms with Gasteiger partial charge in [0.05, 0.1) is 71.8 Å². The number of nitriles is 1. The van der Waals surface area contributed by atoms with Crippen molar-refractivity contribution in [1.82, 2.24) is 19.7 Å². The Morgan fingerprint density at radius 2 is 1.06 bits per heavy atom. The minimum Gasteiger partial charge on any atom is -0.515 e. The third-order valence-corrected chi connectivity index (χ3v) is 21.0. The average molecular weight is 1250 g/mol. The molecular formula is C68H89N5O17. The van der Waals surface area contributed by atoms with Gasteiger partial charge >= 0.3 is 11.9 Å². The van der Waals surface area contributed by atoms with Crippen molar-refractivity contribution in [2.24, 2.45) is 0 Å². The van der Waals surface area contributed by atoms with Gasteiger partial charge in [-0.2, -0.15) is 5.26 Å². The van der Waals surface area contributed by atoms with Crippen molar-refractivity contribution in [2.75, 3.05) is 90.5 Å². The smallest absolute Gasteiger partial charge is 0.343 e. The molecule has 3 saturated heterocycles. The first-order valence-corrected chi connectivity index (χ1v) is 29.9. The van der Waals surface area contributed by atoms with E-state index in [0.717, 1.165) is 117 Å². The van der Waals surface area contributed by atoms with E-state index in [1.807, 2.05) is 37.4 Å². The van der Waals surface area contributed by atoms with Crippen LogP contribution < -0.4 is 19.8 Å². The zero-order chi connectivity index (χ0) is 65.0. The van der Waals surface area contributed by atoms with Crippen molar-refractivity contribution in [2.45, 2.75) is 148 Å². The number of hydrogen-bond donors (Lipinski definition) is 6. The van der Waals surface area contributed by atoms with Crippen molar-refractivity contribution in [3.05, 3.63) is 133 Å². The summed E-state index contributed by atoms with van der Waals surface area (Å²) in [5.41, 5.74) is 3.99. The van der Waals surface area contributed by atoms with Crippen LogP contribution in [0.25, 0.3) is 0 Å². The molecule has 2 saturated carbocycles. The fourth-order valence-electron chi connectivity index (χ4n) is 16.4. The van der Waals surface area contributed by atoms with Crippen LogP contribution in [0.15, 0.2) is 77.3 Å². The molecule has 22 nitrogen and oxygen atoms in total. The van der Waals surface area contributed by atoms with Crippen LogP contribution in [-0.2, 0) is 81.7 Å². The number of carbonyl (C=O) groups is 5. The van der Waals surface area contributed by atoms with Crippen LogP contribution >= 0.6 is 0 Å². The normalized spacial score (nSPS) is 29.7. The summed E-state index contributed by atoms with van der Waals surface area (Å²) in [6, 6.07) is 21.5. The van der Waals surface area contributed by atoms with E-state index >= 15 is 0 Å². The molecule has 13 rings (SSSR count). The summed E-state index contributed by atoms with van der Waals surface area (Å²) in [7, 11) is 15.9. The SMILES string of the molecule is C.CO.COC(=O)CC#N.COC(=O)c1cc2c([nH]c1=O)C[C@]13CCN(C)[C@H](Cc4ccc(OC)cc41)[C@]3(O)C2.COC=O.COc1ccc2c(c1)[C@]13CCN(C)[C@H](C2)[C@]1(O)CC(=CO)C(=O)C3.COc1ccc2c(c1)[C@]13CCN(C)[C@H](C2)[C@]1(O)CCC(=O)C3. The second-order valence-corrected chi connectivity index (χ2v) is 24.7. The number of H-pyrrole nitrogens is 1. The number of aromatic nitrogens is 1. The standard InChI is InChI=1S/C23H26N2O5.C19H23NO4.C18H23NO3.C4H5NO2.C2H4O2.CH4O.CH4/c1-25-7-6-22-12-18-14(8-16(20(26)24-18)21(27)30-3)11-23(22,28)19(25)9-13-4-5-15(29-2)10-17(13)22;1-20-6-5-18-10-16(22)13(11-21)9-19(18,23)17(20)7-12-3-4-14(24-2)8-15(12)18;1-19-8-7-17-11-13(20)5-6-18(17,21)16(19)9-12-3-4-14(22-2)10-15(12)17;1-7-4(6)2-3-5;1-4-2-3;1-2;/h4-5,8,10,19,28H,6-7,9,11-12H2,1-3H3,(H,24,26);3-4,8,11,17,21,23H,5-7,9-10H2,1-2H3;3-4,10,16,21H,5-9,11H2,1-2H3;2H2,1H3;2H,1H3;2H,1H3;1H4/t19-,22-,23-;17-,18-,19-;16-,17-,18-;;;;/m111..../s1. The van der Waals surface area contributed by atoms with Gasteiger partial charge in [-0.1, -0.05) is 25.6 Å². The van der Waals surface area contributed by atoms with Crippen LogP contribution in [-0.4, -0.2) is 201 Å². The van der Waals surface area contributed by atoms with E-state index in [1.54, 1.807) is 33.5 Å². The Morgan fingerprint density at radius 3 is 1.46 bits per heavy atom. The topological polar surface area (TPSA) is 308 Å². The highest BCUT2D eigenvalue weighted by Gasteiger charge is 2.67. The lowest BCUT2D eigenvalue weighted by molar-refractivity contribution is -0.168. The number of likely N-dealkylation sites (tertiary alicyclic amines) is 3. The predicted octanol–water partition coefficient (Wildman–Crippen LogP) is 4.71. The Bertz CT molecular complexity index is 3470. The molecule has 0 amide bonds. The Balaban J connectivity index is 0.000000175. The van der Waals surface area contributed by atoms with Crippen molar-refractivity contribution >= 4 is 30.0 Å². The number of pyridine rings is 1. The van der Waals surface area contributed by atoms with Gasteiger partial charge in [-0.05, 0) is 167 Å². The fourth-order valence-corrected chi connectivity index (χ4v) is 16.4. The number of ketones is 2. The van der Waals surface area contributed by atoms with Crippen molar-refractivity contribution in [3.8, 4) is 23.3 Å². The number of aliphatic hydroxyl groups excluding tert-OH is 2. The number of ether oxygens (including phenoxy) is 6. The zero-order valence-electron chi connectivity index (χ0n) is 52.6. The largest absolute Gasteiger partial charge is 0.515 e. The lowest BCUT2D eigenvalue weighted by Crippen LogP contribution is -2.73. The monoisotopic (exact) mass is 1250 g/mol. The average Bonchev–Trinajstić information content (AvgIpc) is 0.707. The molecule has 0 spiro atoms. The number of nitrogens with one attached hydrogen (secondary N) is 1. The van der Waals surface area contributed by atoms with Crippen molar-refractivity contribution in [1.29, 1.82) is 5.26 Å². The second kappa shape index (κ2) is 27.9. The molecule has 1 aromatic heterocycles. The molecule has 6 aliphatic carbocycles. The van der Waals surface area contributed by atoms with Gasteiger partial charge in [-0.3, -0.25) is 24.0 Å². The number of benzene rings is 3. The lowest BCUT2D eigenvalue weighted by atomic mass is 9.49. The van der Waals surface area contributed by atoms with Crippen LogP contribution in [0.5, 0.6) is 17.2 Å². The van der Waals surface area contributed by atoms with Crippen LogP contribution in [0.2, 0.25) is 0 Å². The molecule has 90 heavy (non-hydrogen) atoms. The third-order valence-electron chi connectivity index (χ3n) is 21.0. The predicted molar refractivity (Wildman–Crippen MR) is 333 cm³/mol. The molecule has 6 N–H and O–H groups in total. The Morgan fingerprint density at radius 1 is 0.622 bits per heavy atom. The molecule has 3 aromatic carbocycles. The van der Waals surface area contributed by atoms with Crippen LogP contribution in [0, 0.1) is 11.3 Å². The number of fused-ring (bicyclic) bond motifs is 4. The summed E-state index contributed by atoms with van der Waals surface area (Å²) < 4.78 is 29.0. The molecule has 488 valence electrons. The molecule has 9 aliphatic rings. The Labute approximate surface area is 526 Å². The molecule has 4 heterocycles. The number of Topliss-reactive ketones (excluding diaryl/α,β-unsaturated/α-hetero) is 2. The summed E-state index contributed by atoms with van der Waals surface area (Å²) in [4.78, 5) is 78.0. The maximum atomic E-state index is 12.6. The van der Waals surface area contributed by atoms with Gasteiger partial charge in [-0.15, -0.1) is 0 Å². The minimum absolute atomic E-state index is 0. The summed E-state index contributed by atoms with van der Waals surface area (Å²) in [6.07, 6.45) is 8.26. The van der Waals surface area contributed by atoms with Gasteiger partial charge in [0.2, 0.25) is 0 Å². The first-order chi connectivity index (χ1) is 42.5. The molecule has 3 aliphatic heterocycles. The molecule has 6 bridgehead atoms. The fraction of sp³-hybridized carbons (Fsp3) is 0.544. The Kier molecular flexibility index (Phi) is 21.7. The lowest BCUT2D eigenvalue weighted by Gasteiger charge is -2.63. The molecule has 9 atom stereocenters.